The lowest BCUT2D eigenvalue weighted by Crippen LogP contribution is -2.46. The Hall–Kier alpha value is -2.62. The first-order valence-corrected chi connectivity index (χ1v) is 12.0. The van der Waals surface area contributed by atoms with Crippen molar-refractivity contribution in [1.29, 1.82) is 0 Å². The summed E-state index contributed by atoms with van der Waals surface area (Å²) in [6.07, 6.45) is 3.72. The predicted octanol–water partition coefficient (Wildman–Crippen LogP) is 3.45. The average Bonchev–Trinajstić information content (AvgIpc) is 2.73. The second-order valence-electron chi connectivity index (χ2n) is 8.21. The largest absolute Gasteiger partial charge is 0.393 e. The highest BCUT2D eigenvalue weighted by atomic mass is 16.6. The van der Waals surface area contributed by atoms with E-state index in [-0.39, 0.29) is 19.3 Å². The summed E-state index contributed by atoms with van der Waals surface area (Å²) in [7, 11) is 0. The van der Waals surface area contributed by atoms with E-state index in [1.165, 1.54) is 0 Å². The first-order valence-electron chi connectivity index (χ1n) is 12.0. The average molecular weight is 487 g/mol. The normalized spacial score (nSPS) is 10.9. The Kier molecular flexibility index (Phi) is 16.4. The molecule has 0 saturated carbocycles. The van der Waals surface area contributed by atoms with Crippen LogP contribution in [0.5, 0.6) is 0 Å². The van der Waals surface area contributed by atoms with Gasteiger partial charge in [-0.05, 0) is 19.3 Å². The molecule has 0 fully saturated rings. The van der Waals surface area contributed by atoms with Crippen LogP contribution < -0.4 is 0 Å². The Morgan fingerprint density at radius 3 is 1.18 bits per heavy atom. The van der Waals surface area contributed by atoms with Crippen molar-refractivity contribution in [3.05, 3.63) is 0 Å². The Morgan fingerprint density at radius 2 is 0.853 bits per heavy atom. The molecular weight excluding hydrogens is 448 g/mol. The highest BCUT2D eigenvalue weighted by Gasteiger charge is 2.45. The molecule has 0 aliphatic rings. The molecule has 1 N–H and O–H groups in total. The van der Waals surface area contributed by atoms with Gasteiger partial charge in [0.1, 0.15) is 0 Å². The minimum atomic E-state index is -2.85. The van der Waals surface area contributed by atoms with E-state index in [1.807, 2.05) is 20.8 Å². The Labute approximate surface area is 200 Å². The second-order valence-corrected chi connectivity index (χ2v) is 8.21. The van der Waals surface area contributed by atoms with Crippen LogP contribution in [-0.2, 0) is 43.0 Å². The molecule has 34 heavy (non-hydrogen) atoms. The van der Waals surface area contributed by atoms with Gasteiger partial charge in [0.2, 0.25) is 0 Å². The van der Waals surface area contributed by atoms with Crippen LogP contribution in [0.3, 0.4) is 0 Å². The number of ether oxygens (including phenoxy) is 3. The SMILES string of the molecule is CCCCCC(=O)OC(=O)CC(O)(CC(=O)OC(=O)CCCCC)C(=O)OC(=O)CCCCC. The Balaban J connectivity index is 5.21. The maximum absolute atomic E-state index is 12.5. The summed E-state index contributed by atoms with van der Waals surface area (Å²) >= 11 is 0. The quantitative estimate of drug-likeness (QED) is 0.140. The van der Waals surface area contributed by atoms with Crippen LogP contribution in [0.1, 0.15) is 111 Å². The minimum absolute atomic E-state index is 0.0350. The molecule has 10 heteroatoms. The monoisotopic (exact) mass is 486 g/mol. The molecule has 10 nitrogen and oxygen atoms in total. The molecule has 0 rings (SSSR count). The molecule has 0 radical (unpaired) electrons. The molecule has 0 aliphatic carbocycles. The van der Waals surface area contributed by atoms with Crippen molar-refractivity contribution in [2.24, 2.45) is 0 Å². The number of rotatable bonds is 17. The van der Waals surface area contributed by atoms with E-state index in [4.69, 9.17) is 0 Å². The van der Waals surface area contributed by atoms with Gasteiger partial charge in [0.15, 0.2) is 5.60 Å². The molecule has 0 aromatic carbocycles. The highest BCUT2D eigenvalue weighted by molar-refractivity contribution is 5.98. The first-order chi connectivity index (χ1) is 16.1. The molecular formula is C24H38O10. The molecule has 0 heterocycles. The number of esters is 6. The lowest BCUT2D eigenvalue weighted by Gasteiger charge is -2.23. The topological polar surface area (TPSA) is 150 Å². The van der Waals surface area contributed by atoms with Gasteiger partial charge in [-0.1, -0.05) is 59.3 Å². The van der Waals surface area contributed by atoms with Crippen LogP contribution in [0, 0.1) is 0 Å². The van der Waals surface area contributed by atoms with E-state index in [1.54, 1.807) is 0 Å². The van der Waals surface area contributed by atoms with E-state index in [9.17, 15) is 33.9 Å². The number of hydrogen-bond acceptors (Lipinski definition) is 10. The number of carbonyl (C=O) groups is 6. The number of aliphatic hydroxyl groups is 1. The van der Waals surface area contributed by atoms with Crippen molar-refractivity contribution >= 4 is 35.8 Å². The zero-order valence-corrected chi connectivity index (χ0v) is 20.5. The maximum atomic E-state index is 12.5. The molecule has 0 aromatic heterocycles. The smallest absolute Gasteiger partial charge is 0.346 e. The zero-order valence-electron chi connectivity index (χ0n) is 20.5. The lowest BCUT2D eigenvalue weighted by atomic mass is 9.95. The van der Waals surface area contributed by atoms with Crippen molar-refractivity contribution < 1.29 is 48.1 Å². The molecule has 0 bridgehead atoms. The summed E-state index contributed by atoms with van der Waals surface area (Å²) in [5, 5.41) is 10.7. The van der Waals surface area contributed by atoms with Gasteiger partial charge in [-0.25, -0.2) is 4.79 Å². The Morgan fingerprint density at radius 1 is 0.529 bits per heavy atom. The standard InChI is InChI=1S/C24H38O10/c1-4-7-10-13-18(25)32-21(28)16-24(31,23(30)34-20(27)15-12-9-6-3)17-22(29)33-19(26)14-11-8-5-2/h31H,4-17H2,1-3H3. The summed E-state index contributed by atoms with van der Waals surface area (Å²) in [5.74, 6) is -6.75. The van der Waals surface area contributed by atoms with Gasteiger partial charge in [-0.3, -0.25) is 24.0 Å². The molecule has 0 amide bonds. The van der Waals surface area contributed by atoms with Crippen molar-refractivity contribution in [1.82, 2.24) is 0 Å². The zero-order chi connectivity index (χ0) is 26.0. The van der Waals surface area contributed by atoms with Crippen molar-refractivity contribution in [3.63, 3.8) is 0 Å². The van der Waals surface area contributed by atoms with Crippen LogP contribution in [-0.4, -0.2) is 46.5 Å². The second kappa shape index (κ2) is 17.8. The summed E-state index contributed by atoms with van der Waals surface area (Å²) in [5.41, 5.74) is -2.85. The van der Waals surface area contributed by atoms with Crippen LogP contribution in [0.15, 0.2) is 0 Å². The Bertz CT molecular complexity index is 660. The van der Waals surface area contributed by atoms with Gasteiger partial charge in [0, 0.05) is 19.3 Å². The molecule has 0 spiro atoms. The lowest BCUT2D eigenvalue weighted by molar-refractivity contribution is -0.184. The highest BCUT2D eigenvalue weighted by Crippen LogP contribution is 2.21. The van der Waals surface area contributed by atoms with Gasteiger partial charge < -0.3 is 19.3 Å². The molecule has 0 aliphatic heterocycles. The van der Waals surface area contributed by atoms with Gasteiger partial charge >= 0.3 is 35.8 Å². The third-order valence-electron chi connectivity index (χ3n) is 4.87. The molecule has 0 aromatic rings. The van der Waals surface area contributed by atoms with Crippen LogP contribution in [0.2, 0.25) is 0 Å². The van der Waals surface area contributed by atoms with Gasteiger partial charge in [0.25, 0.3) is 0 Å². The fourth-order valence-electron chi connectivity index (χ4n) is 2.92. The van der Waals surface area contributed by atoms with E-state index in [0.717, 1.165) is 32.1 Å². The number of hydrogen-bond donors (Lipinski definition) is 1. The van der Waals surface area contributed by atoms with Crippen LogP contribution in [0.25, 0.3) is 0 Å². The minimum Gasteiger partial charge on any atom is -0.393 e. The van der Waals surface area contributed by atoms with E-state index in [0.29, 0.717) is 25.7 Å². The fourth-order valence-corrected chi connectivity index (χ4v) is 2.92. The molecule has 194 valence electrons. The summed E-state index contributed by atoms with van der Waals surface area (Å²) in [6, 6.07) is 0. The maximum Gasteiger partial charge on any atom is 0.346 e. The van der Waals surface area contributed by atoms with Crippen molar-refractivity contribution in [3.8, 4) is 0 Å². The van der Waals surface area contributed by atoms with Crippen molar-refractivity contribution in [2.45, 2.75) is 116 Å². The third-order valence-corrected chi connectivity index (χ3v) is 4.87. The third kappa shape index (κ3) is 14.5. The van der Waals surface area contributed by atoms with E-state index in [2.05, 4.69) is 14.2 Å². The summed E-state index contributed by atoms with van der Waals surface area (Å²) in [6.45, 7) is 5.78. The van der Waals surface area contributed by atoms with Gasteiger partial charge in [-0.15, -0.1) is 0 Å². The summed E-state index contributed by atoms with van der Waals surface area (Å²) in [4.78, 5) is 72.3. The van der Waals surface area contributed by atoms with Gasteiger partial charge in [0.05, 0.1) is 12.8 Å². The van der Waals surface area contributed by atoms with Gasteiger partial charge in [-0.2, -0.15) is 0 Å². The summed E-state index contributed by atoms with van der Waals surface area (Å²) < 4.78 is 13.8. The molecule has 0 unspecified atom stereocenters. The first kappa shape index (κ1) is 31.4. The molecule has 0 saturated heterocycles. The van der Waals surface area contributed by atoms with Crippen LogP contribution in [0.4, 0.5) is 0 Å². The number of carbonyl (C=O) groups excluding carboxylic acids is 6. The van der Waals surface area contributed by atoms with E-state index < -0.39 is 54.3 Å². The van der Waals surface area contributed by atoms with E-state index >= 15 is 0 Å². The fraction of sp³-hybridized carbons (Fsp3) is 0.750. The van der Waals surface area contributed by atoms with Crippen LogP contribution >= 0.6 is 0 Å². The molecule has 0 atom stereocenters. The van der Waals surface area contributed by atoms with Crippen molar-refractivity contribution in [2.75, 3.05) is 0 Å². The number of unbranched alkanes of at least 4 members (excludes halogenated alkanes) is 6. The predicted molar refractivity (Wildman–Crippen MR) is 120 cm³/mol.